The fraction of sp³-hybridized carbons (Fsp3) is 0.304. The summed E-state index contributed by atoms with van der Waals surface area (Å²) in [6.07, 6.45) is 2.14. The summed E-state index contributed by atoms with van der Waals surface area (Å²) in [7, 11) is 0. The monoisotopic (exact) mass is 374 g/mol. The molecular formula is C23H26N4O. The van der Waals surface area contributed by atoms with E-state index < -0.39 is 0 Å². The minimum atomic E-state index is -0.250. The highest BCUT2D eigenvalue weighted by molar-refractivity contribution is 5.97. The molecule has 0 bridgehead atoms. The summed E-state index contributed by atoms with van der Waals surface area (Å²) in [5.41, 5.74) is 6.03. The Bertz CT molecular complexity index is 993. The molecule has 3 aromatic rings. The Labute approximate surface area is 166 Å². The van der Waals surface area contributed by atoms with Crippen LogP contribution in [0.15, 0.2) is 54.6 Å². The van der Waals surface area contributed by atoms with Gasteiger partial charge in [0.15, 0.2) is 0 Å². The topological polar surface area (TPSA) is 50.2 Å². The third-order valence-corrected chi connectivity index (χ3v) is 5.53. The van der Waals surface area contributed by atoms with Crippen LogP contribution in [0, 0.1) is 13.8 Å². The van der Waals surface area contributed by atoms with Crippen molar-refractivity contribution in [2.24, 2.45) is 0 Å². The van der Waals surface area contributed by atoms with Gasteiger partial charge >= 0.3 is 0 Å². The molecule has 1 atom stereocenters. The van der Waals surface area contributed by atoms with Crippen LogP contribution in [0.2, 0.25) is 0 Å². The van der Waals surface area contributed by atoms with Crippen LogP contribution >= 0.6 is 0 Å². The number of aromatic nitrogens is 2. The van der Waals surface area contributed by atoms with Crippen molar-refractivity contribution in [2.45, 2.75) is 39.7 Å². The Balaban J connectivity index is 1.57. The highest BCUT2D eigenvalue weighted by Gasteiger charge is 2.27. The first-order chi connectivity index (χ1) is 13.6. The number of nitrogens with one attached hydrogen (secondary N) is 1. The molecule has 2 aromatic carbocycles. The van der Waals surface area contributed by atoms with Crippen molar-refractivity contribution in [3.63, 3.8) is 0 Å². The van der Waals surface area contributed by atoms with Gasteiger partial charge in [-0.3, -0.25) is 4.79 Å². The molecule has 1 N–H and O–H groups in total. The van der Waals surface area contributed by atoms with E-state index in [1.807, 2.05) is 61.9 Å². The van der Waals surface area contributed by atoms with Gasteiger partial charge in [-0.2, -0.15) is 5.10 Å². The molecule has 0 saturated carbocycles. The molecule has 1 amide bonds. The molecule has 0 spiro atoms. The molecule has 1 aliphatic rings. The molecule has 5 heteroatoms. The second-order valence-electron chi connectivity index (χ2n) is 7.38. The average molecular weight is 374 g/mol. The molecule has 28 heavy (non-hydrogen) atoms. The van der Waals surface area contributed by atoms with Crippen molar-refractivity contribution in [3.05, 3.63) is 71.5 Å². The minimum absolute atomic E-state index is 0.00415. The SMILES string of the molecule is Cc1nn(-c2ccccc2)c(C)c1NC(=O)C(C)N1CCCc2ccccc21. The summed E-state index contributed by atoms with van der Waals surface area (Å²) < 4.78 is 1.88. The summed E-state index contributed by atoms with van der Waals surface area (Å²) >= 11 is 0. The summed E-state index contributed by atoms with van der Waals surface area (Å²) in [6.45, 7) is 6.79. The number of para-hydroxylation sites is 2. The van der Waals surface area contributed by atoms with Gasteiger partial charge in [-0.15, -0.1) is 0 Å². The molecule has 0 saturated heterocycles. The number of nitrogens with zero attached hydrogens (tertiary/aromatic N) is 3. The van der Waals surface area contributed by atoms with Crippen molar-refractivity contribution < 1.29 is 4.79 Å². The Morgan fingerprint density at radius 3 is 2.57 bits per heavy atom. The van der Waals surface area contributed by atoms with Crippen molar-refractivity contribution >= 4 is 17.3 Å². The third-order valence-electron chi connectivity index (χ3n) is 5.53. The summed E-state index contributed by atoms with van der Waals surface area (Å²) in [5, 5.41) is 7.76. The molecule has 5 nitrogen and oxygen atoms in total. The predicted molar refractivity (Wildman–Crippen MR) is 113 cm³/mol. The first-order valence-electron chi connectivity index (χ1n) is 9.83. The standard InChI is InChI=1S/C23H26N4O/c1-16-22(17(2)27(25-16)20-12-5-4-6-13-20)24-23(28)18(3)26-15-9-11-19-10-7-8-14-21(19)26/h4-8,10,12-14,18H,9,11,15H2,1-3H3,(H,24,28). The lowest BCUT2D eigenvalue weighted by Crippen LogP contribution is -2.44. The molecular weight excluding hydrogens is 348 g/mol. The Kier molecular flexibility index (Phi) is 4.90. The van der Waals surface area contributed by atoms with Gasteiger partial charge in [0.2, 0.25) is 5.91 Å². The molecule has 144 valence electrons. The number of carbonyl (C=O) groups is 1. The fourth-order valence-electron chi connectivity index (χ4n) is 3.98. The van der Waals surface area contributed by atoms with Crippen LogP contribution in [0.4, 0.5) is 11.4 Å². The van der Waals surface area contributed by atoms with E-state index in [2.05, 4.69) is 33.5 Å². The van der Waals surface area contributed by atoms with Crippen molar-refractivity contribution in [1.82, 2.24) is 9.78 Å². The van der Waals surface area contributed by atoms with Gasteiger partial charge in [-0.25, -0.2) is 4.68 Å². The molecule has 0 radical (unpaired) electrons. The van der Waals surface area contributed by atoms with Gasteiger partial charge in [0.1, 0.15) is 6.04 Å². The van der Waals surface area contributed by atoms with Gasteiger partial charge in [-0.1, -0.05) is 36.4 Å². The maximum Gasteiger partial charge on any atom is 0.246 e. The van der Waals surface area contributed by atoms with Crippen LogP contribution in [0.3, 0.4) is 0 Å². The van der Waals surface area contributed by atoms with E-state index in [1.54, 1.807) is 0 Å². The number of hydrogen-bond acceptors (Lipinski definition) is 3. The van der Waals surface area contributed by atoms with E-state index in [1.165, 1.54) is 11.3 Å². The number of benzene rings is 2. The first kappa shape index (κ1) is 18.3. The maximum absolute atomic E-state index is 13.1. The molecule has 4 rings (SSSR count). The quantitative estimate of drug-likeness (QED) is 0.742. The molecule has 2 heterocycles. The molecule has 1 aliphatic heterocycles. The zero-order valence-corrected chi connectivity index (χ0v) is 16.6. The third kappa shape index (κ3) is 3.28. The Morgan fingerprint density at radius 1 is 1.07 bits per heavy atom. The highest BCUT2D eigenvalue weighted by atomic mass is 16.2. The first-order valence-corrected chi connectivity index (χ1v) is 9.83. The largest absolute Gasteiger partial charge is 0.360 e. The van der Waals surface area contributed by atoms with Crippen molar-refractivity contribution in [3.8, 4) is 5.69 Å². The van der Waals surface area contributed by atoms with Crippen molar-refractivity contribution in [2.75, 3.05) is 16.8 Å². The number of hydrogen-bond donors (Lipinski definition) is 1. The lowest BCUT2D eigenvalue weighted by atomic mass is 10.00. The zero-order chi connectivity index (χ0) is 19.7. The number of aryl methyl sites for hydroxylation is 2. The summed E-state index contributed by atoms with van der Waals surface area (Å²) in [5.74, 6) is -0.00415. The highest BCUT2D eigenvalue weighted by Crippen LogP contribution is 2.29. The van der Waals surface area contributed by atoms with Gasteiger partial charge in [-0.05, 0) is 57.4 Å². The average Bonchev–Trinajstić information content (AvgIpc) is 3.01. The van der Waals surface area contributed by atoms with E-state index in [4.69, 9.17) is 0 Å². The Hall–Kier alpha value is -3.08. The number of anilines is 2. The van der Waals surface area contributed by atoms with Crippen LogP contribution in [-0.2, 0) is 11.2 Å². The van der Waals surface area contributed by atoms with Crippen LogP contribution in [0.1, 0.15) is 30.3 Å². The smallest absolute Gasteiger partial charge is 0.246 e. The van der Waals surface area contributed by atoms with Crippen LogP contribution in [0.25, 0.3) is 5.69 Å². The normalized spacial score (nSPS) is 14.5. The van der Waals surface area contributed by atoms with E-state index in [9.17, 15) is 4.79 Å². The van der Waals surface area contributed by atoms with Gasteiger partial charge in [0.25, 0.3) is 0 Å². The minimum Gasteiger partial charge on any atom is -0.360 e. The van der Waals surface area contributed by atoms with Gasteiger partial charge in [0, 0.05) is 12.2 Å². The van der Waals surface area contributed by atoms with E-state index in [0.717, 1.165) is 42.1 Å². The number of carbonyl (C=O) groups excluding carboxylic acids is 1. The number of rotatable bonds is 4. The Morgan fingerprint density at radius 2 is 1.79 bits per heavy atom. The second-order valence-corrected chi connectivity index (χ2v) is 7.38. The van der Waals surface area contributed by atoms with Gasteiger partial charge in [0.05, 0.1) is 22.8 Å². The van der Waals surface area contributed by atoms with E-state index >= 15 is 0 Å². The number of amides is 1. The molecule has 0 aliphatic carbocycles. The number of fused-ring (bicyclic) bond motifs is 1. The van der Waals surface area contributed by atoms with Crippen LogP contribution < -0.4 is 10.2 Å². The zero-order valence-electron chi connectivity index (χ0n) is 16.6. The summed E-state index contributed by atoms with van der Waals surface area (Å²) in [4.78, 5) is 15.3. The maximum atomic E-state index is 13.1. The summed E-state index contributed by atoms with van der Waals surface area (Å²) in [6, 6.07) is 18.1. The van der Waals surface area contributed by atoms with Crippen LogP contribution in [-0.4, -0.2) is 28.3 Å². The van der Waals surface area contributed by atoms with Gasteiger partial charge < -0.3 is 10.2 Å². The lowest BCUT2D eigenvalue weighted by molar-refractivity contribution is -0.117. The predicted octanol–water partition coefficient (Wildman–Crippen LogP) is 4.27. The van der Waals surface area contributed by atoms with E-state index in [0.29, 0.717) is 0 Å². The van der Waals surface area contributed by atoms with E-state index in [-0.39, 0.29) is 11.9 Å². The molecule has 1 unspecified atom stereocenters. The molecule has 0 fully saturated rings. The van der Waals surface area contributed by atoms with Crippen molar-refractivity contribution in [1.29, 1.82) is 0 Å². The second kappa shape index (κ2) is 7.50. The van der Waals surface area contributed by atoms with Crippen LogP contribution in [0.5, 0.6) is 0 Å². The fourth-order valence-corrected chi connectivity index (χ4v) is 3.98. The molecule has 1 aromatic heterocycles. The lowest BCUT2D eigenvalue weighted by Gasteiger charge is -2.35.